The molecule has 0 bridgehead atoms. The molecule has 5 nitrogen and oxygen atoms in total. The monoisotopic (exact) mass is 463 g/mol. The van der Waals surface area contributed by atoms with E-state index in [0.29, 0.717) is 20.9 Å². The lowest BCUT2D eigenvalue weighted by Crippen LogP contribution is -2.27. The van der Waals surface area contributed by atoms with E-state index in [1.165, 1.54) is 46.2 Å². The lowest BCUT2D eigenvalue weighted by atomic mass is 9.89. The fourth-order valence-corrected chi connectivity index (χ4v) is 5.31. The summed E-state index contributed by atoms with van der Waals surface area (Å²) >= 11 is 7.59. The highest BCUT2D eigenvalue weighted by molar-refractivity contribution is 7.17. The van der Waals surface area contributed by atoms with Crippen LogP contribution in [0.1, 0.15) is 29.5 Å². The molecule has 0 fully saturated rings. The zero-order valence-corrected chi connectivity index (χ0v) is 19.2. The van der Waals surface area contributed by atoms with Gasteiger partial charge in [0, 0.05) is 21.7 Å². The van der Waals surface area contributed by atoms with Crippen LogP contribution in [0.2, 0.25) is 5.02 Å². The maximum absolute atomic E-state index is 13.3. The Morgan fingerprint density at radius 1 is 1.16 bits per heavy atom. The highest BCUT2D eigenvalue weighted by atomic mass is 35.5. The van der Waals surface area contributed by atoms with E-state index in [9.17, 15) is 9.59 Å². The molecule has 0 aliphatic heterocycles. The van der Waals surface area contributed by atoms with E-state index in [0.717, 1.165) is 29.5 Å². The number of anilines is 1. The maximum atomic E-state index is 13.3. The van der Waals surface area contributed by atoms with Crippen molar-refractivity contribution in [2.45, 2.75) is 39.2 Å². The number of carbonyl (C=O) groups excluding carboxylic acids is 1. The minimum absolute atomic E-state index is 0.118. The first-order valence-electron chi connectivity index (χ1n) is 10.6. The number of carbonyl (C=O) groups is 1. The molecule has 1 aliphatic rings. The molecule has 4 aromatic rings. The number of benzene rings is 2. The molecule has 0 saturated heterocycles. The van der Waals surface area contributed by atoms with Crippen LogP contribution in [0.3, 0.4) is 0 Å². The second-order valence-corrected chi connectivity index (χ2v) is 9.48. The minimum atomic E-state index is -0.307. The fourth-order valence-electron chi connectivity index (χ4n) is 4.22. The zero-order valence-electron chi connectivity index (χ0n) is 17.7. The van der Waals surface area contributed by atoms with Crippen LogP contribution in [-0.2, 0) is 24.2 Å². The molecule has 1 aliphatic carbocycles. The Labute approximate surface area is 194 Å². The summed E-state index contributed by atoms with van der Waals surface area (Å²) in [5.41, 5.74) is 6.02. The Bertz CT molecular complexity index is 1410. The number of aromatic nitrogens is 2. The SMILES string of the molecule is Cc1ccc(NC(=O)Cn2cnc3scc(-c4ccc5c(c4)CCCC5)c3c2=O)cc1Cl. The summed E-state index contributed by atoms with van der Waals surface area (Å²) in [6.07, 6.45) is 6.09. The quantitative estimate of drug-likeness (QED) is 0.428. The third-order valence-electron chi connectivity index (χ3n) is 5.99. The van der Waals surface area contributed by atoms with Crippen molar-refractivity contribution in [3.63, 3.8) is 0 Å². The smallest absolute Gasteiger partial charge is 0.263 e. The van der Waals surface area contributed by atoms with Crippen LogP contribution >= 0.6 is 22.9 Å². The predicted octanol–water partition coefficient (Wildman–Crippen LogP) is 5.60. The van der Waals surface area contributed by atoms with Crippen LogP contribution in [0.4, 0.5) is 5.69 Å². The predicted molar refractivity (Wildman–Crippen MR) is 131 cm³/mol. The summed E-state index contributed by atoms with van der Waals surface area (Å²) in [5, 5.41) is 5.94. The minimum Gasteiger partial charge on any atom is -0.324 e. The molecular weight excluding hydrogens is 442 g/mol. The lowest BCUT2D eigenvalue weighted by Gasteiger charge is -2.16. The Morgan fingerprint density at radius 3 is 2.78 bits per heavy atom. The van der Waals surface area contributed by atoms with Gasteiger partial charge in [-0.05, 0) is 67.0 Å². The topological polar surface area (TPSA) is 64.0 Å². The first-order chi connectivity index (χ1) is 15.5. The second-order valence-electron chi connectivity index (χ2n) is 8.21. The average molecular weight is 464 g/mol. The van der Waals surface area contributed by atoms with Gasteiger partial charge in [-0.1, -0.05) is 35.9 Å². The van der Waals surface area contributed by atoms with Crippen LogP contribution in [0.5, 0.6) is 0 Å². The molecule has 0 unspecified atom stereocenters. The molecule has 0 spiro atoms. The van der Waals surface area contributed by atoms with Gasteiger partial charge in [-0.3, -0.25) is 14.2 Å². The van der Waals surface area contributed by atoms with Gasteiger partial charge in [0.1, 0.15) is 11.4 Å². The van der Waals surface area contributed by atoms with E-state index in [-0.39, 0.29) is 18.0 Å². The maximum Gasteiger partial charge on any atom is 0.263 e. The normalized spacial score (nSPS) is 13.2. The molecule has 162 valence electrons. The molecular formula is C25H22ClN3O2S. The second kappa shape index (κ2) is 8.52. The Hall–Kier alpha value is -2.96. The number of amides is 1. The molecule has 0 saturated carbocycles. The molecule has 1 amide bonds. The van der Waals surface area contributed by atoms with E-state index in [2.05, 4.69) is 28.5 Å². The van der Waals surface area contributed by atoms with Gasteiger partial charge in [0.15, 0.2) is 0 Å². The molecule has 1 N–H and O–H groups in total. The molecule has 5 rings (SSSR count). The van der Waals surface area contributed by atoms with E-state index in [1.54, 1.807) is 12.1 Å². The first-order valence-corrected chi connectivity index (χ1v) is 11.9. The first kappa shape index (κ1) is 20.9. The van der Waals surface area contributed by atoms with Gasteiger partial charge in [-0.2, -0.15) is 0 Å². The summed E-state index contributed by atoms with van der Waals surface area (Å²) in [4.78, 5) is 31.0. The third kappa shape index (κ3) is 3.96. The van der Waals surface area contributed by atoms with E-state index in [4.69, 9.17) is 11.6 Å². The lowest BCUT2D eigenvalue weighted by molar-refractivity contribution is -0.116. The van der Waals surface area contributed by atoms with Crippen molar-refractivity contribution in [3.05, 3.63) is 80.2 Å². The summed E-state index contributed by atoms with van der Waals surface area (Å²) in [5.74, 6) is -0.307. The summed E-state index contributed by atoms with van der Waals surface area (Å²) in [6, 6.07) is 11.8. The van der Waals surface area contributed by atoms with Crippen molar-refractivity contribution in [2.24, 2.45) is 0 Å². The van der Waals surface area contributed by atoms with Crippen LogP contribution in [0.15, 0.2) is 52.9 Å². The number of thiophene rings is 1. The molecule has 2 aromatic heterocycles. The van der Waals surface area contributed by atoms with Crippen LogP contribution in [-0.4, -0.2) is 15.5 Å². The number of rotatable bonds is 4. The number of fused-ring (bicyclic) bond motifs is 2. The standard InChI is InChI=1S/C25H22ClN3O2S/c1-15-6-9-19(11-21(15)26)28-22(30)12-29-14-27-24-23(25(29)31)20(13-32-24)18-8-7-16-4-2-3-5-17(16)10-18/h6-11,13-14H,2-5,12H2,1H3,(H,28,30). The molecule has 32 heavy (non-hydrogen) atoms. The van der Waals surface area contributed by atoms with Crippen LogP contribution < -0.4 is 10.9 Å². The van der Waals surface area contributed by atoms with E-state index < -0.39 is 0 Å². The third-order valence-corrected chi connectivity index (χ3v) is 7.28. The van der Waals surface area contributed by atoms with Gasteiger partial charge in [0.05, 0.1) is 11.7 Å². The van der Waals surface area contributed by atoms with Gasteiger partial charge in [0.25, 0.3) is 5.56 Å². The zero-order chi connectivity index (χ0) is 22.2. The van der Waals surface area contributed by atoms with Crippen molar-refractivity contribution in [1.82, 2.24) is 9.55 Å². The molecule has 0 atom stereocenters. The van der Waals surface area contributed by atoms with Gasteiger partial charge in [-0.25, -0.2) is 4.98 Å². The number of nitrogens with one attached hydrogen (secondary N) is 1. The van der Waals surface area contributed by atoms with Crippen molar-refractivity contribution in [1.29, 1.82) is 0 Å². The summed E-state index contributed by atoms with van der Waals surface area (Å²) in [6.45, 7) is 1.78. The van der Waals surface area contributed by atoms with Gasteiger partial charge >= 0.3 is 0 Å². The number of hydrogen-bond donors (Lipinski definition) is 1. The summed E-state index contributed by atoms with van der Waals surface area (Å²) < 4.78 is 1.36. The van der Waals surface area contributed by atoms with Crippen molar-refractivity contribution >= 4 is 44.7 Å². The van der Waals surface area contributed by atoms with Crippen molar-refractivity contribution in [3.8, 4) is 11.1 Å². The average Bonchev–Trinajstić information content (AvgIpc) is 3.23. The fraction of sp³-hybridized carbons (Fsp3) is 0.240. The highest BCUT2D eigenvalue weighted by Gasteiger charge is 2.17. The van der Waals surface area contributed by atoms with Gasteiger partial charge < -0.3 is 5.32 Å². The van der Waals surface area contributed by atoms with Crippen LogP contribution in [0, 0.1) is 6.92 Å². The number of nitrogens with zero attached hydrogens (tertiary/aromatic N) is 2. The Balaban J connectivity index is 1.45. The summed E-state index contributed by atoms with van der Waals surface area (Å²) in [7, 11) is 0. The number of halogens is 1. The largest absolute Gasteiger partial charge is 0.324 e. The van der Waals surface area contributed by atoms with E-state index in [1.807, 2.05) is 18.4 Å². The highest BCUT2D eigenvalue weighted by Crippen LogP contribution is 2.33. The molecule has 2 aromatic carbocycles. The number of hydrogen-bond acceptors (Lipinski definition) is 4. The number of aryl methyl sites for hydroxylation is 3. The molecule has 7 heteroatoms. The van der Waals surface area contributed by atoms with Crippen molar-refractivity contribution < 1.29 is 4.79 Å². The molecule has 2 heterocycles. The van der Waals surface area contributed by atoms with Crippen LogP contribution in [0.25, 0.3) is 21.3 Å². The van der Waals surface area contributed by atoms with Crippen molar-refractivity contribution in [2.75, 3.05) is 5.32 Å². The Morgan fingerprint density at radius 2 is 1.97 bits per heavy atom. The van der Waals surface area contributed by atoms with Gasteiger partial charge in [-0.15, -0.1) is 11.3 Å². The van der Waals surface area contributed by atoms with Gasteiger partial charge in [0.2, 0.25) is 5.91 Å². The van der Waals surface area contributed by atoms with E-state index >= 15 is 0 Å². The Kier molecular flexibility index (Phi) is 5.57. The molecule has 0 radical (unpaired) electrons.